The van der Waals surface area contributed by atoms with Gasteiger partial charge in [0.05, 0.1) is 5.52 Å². The van der Waals surface area contributed by atoms with E-state index >= 15 is 0 Å². The Bertz CT molecular complexity index is 1340. The zero-order valence-electron chi connectivity index (χ0n) is 17.6. The molecule has 0 aliphatic rings. The number of nitrogens with zero attached hydrogens (tertiary/aromatic N) is 3. The van der Waals surface area contributed by atoms with E-state index in [1.807, 2.05) is 37.4 Å². The number of anilines is 1. The Kier molecular flexibility index (Phi) is 5.95. The molecule has 0 spiro atoms. The van der Waals surface area contributed by atoms with Gasteiger partial charge >= 0.3 is 6.18 Å². The second kappa shape index (κ2) is 8.85. The van der Waals surface area contributed by atoms with E-state index in [2.05, 4.69) is 20.3 Å². The van der Waals surface area contributed by atoms with E-state index in [-0.39, 0.29) is 17.9 Å². The van der Waals surface area contributed by atoms with E-state index in [4.69, 9.17) is 5.73 Å². The normalized spacial score (nSPS) is 11.5. The molecule has 1 amide bonds. The third-order valence-electron chi connectivity index (χ3n) is 5.05. The molecular formula is C24H20F3N5O. The highest BCUT2D eigenvalue weighted by molar-refractivity contribution is 5.94. The van der Waals surface area contributed by atoms with Gasteiger partial charge in [0.1, 0.15) is 5.82 Å². The third kappa shape index (κ3) is 5.25. The molecule has 0 aliphatic heterocycles. The summed E-state index contributed by atoms with van der Waals surface area (Å²) < 4.78 is 39.6. The van der Waals surface area contributed by atoms with Gasteiger partial charge in [-0.2, -0.15) is 13.2 Å². The summed E-state index contributed by atoms with van der Waals surface area (Å²) in [6.07, 6.45) is -0.870. The fraction of sp³-hybridized carbons (Fsp3) is 0.167. The van der Waals surface area contributed by atoms with Gasteiger partial charge in [-0.15, -0.1) is 0 Å². The summed E-state index contributed by atoms with van der Waals surface area (Å²) in [6.45, 7) is 1.64. The molecule has 0 unspecified atom stereocenters. The Labute approximate surface area is 187 Å². The number of carbonyl (C=O) groups is 1. The van der Waals surface area contributed by atoms with Crippen molar-refractivity contribution in [2.75, 3.05) is 5.73 Å². The molecule has 0 atom stereocenters. The van der Waals surface area contributed by atoms with Crippen molar-refractivity contribution < 1.29 is 18.0 Å². The molecule has 6 nitrogen and oxygen atoms in total. The molecule has 3 N–H and O–H groups in total. The molecule has 0 radical (unpaired) electrons. The summed E-state index contributed by atoms with van der Waals surface area (Å²) >= 11 is 0. The van der Waals surface area contributed by atoms with Crippen LogP contribution in [0.15, 0.2) is 60.9 Å². The molecule has 1 aromatic carbocycles. The highest BCUT2D eigenvalue weighted by Gasteiger charge is 2.35. The molecular weight excluding hydrogens is 431 g/mol. The van der Waals surface area contributed by atoms with Gasteiger partial charge in [-0.05, 0) is 54.4 Å². The van der Waals surface area contributed by atoms with Crippen LogP contribution >= 0.6 is 0 Å². The second-order valence-corrected chi connectivity index (χ2v) is 7.68. The maximum absolute atomic E-state index is 13.2. The predicted octanol–water partition coefficient (Wildman–Crippen LogP) is 4.46. The van der Waals surface area contributed by atoms with Crippen molar-refractivity contribution in [2.24, 2.45) is 0 Å². The SMILES string of the molecule is Cc1cnc2ccc(Cc3cc(C(=O)NCc4ccc(N)nc4C(F)(F)F)ccn3)cc2c1. The Balaban J connectivity index is 1.49. The molecule has 0 saturated heterocycles. The van der Waals surface area contributed by atoms with Crippen molar-refractivity contribution in [3.05, 3.63) is 94.6 Å². The summed E-state index contributed by atoms with van der Waals surface area (Å²) in [5.41, 5.74) is 8.01. The molecule has 3 heterocycles. The van der Waals surface area contributed by atoms with Crippen molar-refractivity contribution in [1.82, 2.24) is 20.3 Å². The molecule has 0 bridgehead atoms. The highest BCUT2D eigenvalue weighted by Crippen LogP contribution is 2.31. The van der Waals surface area contributed by atoms with E-state index in [0.29, 0.717) is 17.7 Å². The fourth-order valence-corrected chi connectivity index (χ4v) is 3.49. The number of halogens is 3. The van der Waals surface area contributed by atoms with Crippen LogP contribution in [0.2, 0.25) is 0 Å². The summed E-state index contributed by atoms with van der Waals surface area (Å²) in [6, 6.07) is 13.6. The number of hydrogen-bond acceptors (Lipinski definition) is 5. The first-order valence-electron chi connectivity index (χ1n) is 10.1. The minimum atomic E-state index is -4.67. The zero-order valence-corrected chi connectivity index (χ0v) is 17.6. The number of carbonyl (C=O) groups excluding carboxylic acids is 1. The number of fused-ring (bicyclic) bond motifs is 1. The first-order valence-corrected chi connectivity index (χ1v) is 10.1. The Hall–Kier alpha value is -4.01. The first-order chi connectivity index (χ1) is 15.7. The average Bonchev–Trinajstić information content (AvgIpc) is 2.77. The lowest BCUT2D eigenvalue weighted by Gasteiger charge is -2.13. The Morgan fingerprint density at radius 2 is 1.88 bits per heavy atom. The zero-order chi connectivity index (χ0) is 23.6. The van der Waals surface area contributed by atoms with Gasteiger partial charge in [0, 0.05) is 47.6 Å². The molecule has 0 saturated carbocycles. The first kappa shape index (κ1) is 22.2. The van der Waals surface area contributed by atoms with E-state index in [1.165, 1.54) is 24.4 Å². The molecule has 0 fully saturated rings. The number of nitrogens with two attached hydrogens (primary N) is 1. The number of rotatable bonds is 5. The summed E-state index contributed by atoms with van der Waals surface area (Å²) in [5.74, 6) is -0.752. The quantitative estimate of drug-likeness (QED) is 0.468. The smallest absolute Gasteiger partial charge is 0.384 e. The number of aromatic nitrogens is 3. The number of aryl methyl sites for hydroxylation is 1. The number of pyridine rings is 3. The van der Waals surface area contributed by atoms with Crippen LogP contribution in [-0.4, -0.2) is 20.9 Å². The minimum Gasteiger partial charge on any atom is -0.384 e. The predicted molar refractivity (Wildman–Crippen MR) is 118 cm³/mol. The van der Waals surface area contributed by atoms with E-state index in [0.717, 1.165) is 22.0 Å². The lowest BCUT2D eigenvalue weighted by molar-refractivity contribution is -0.141. The third-order valence-corrected chi connectivity index (χ3v) is 5.05. The summed E-state index contributed by atoms with van der Waals surface area (Å²) in [4.78, 5) is 24.7. The van der Waals surface area contributed by atoms with E-state index in [1.54, 1.807) is 6.07 Å². The number of hydrogen-bond donors (Lipinski definition) is 2. The topological polar surface area (TPSA) is 93.8 Å². The number of alkyl halides is 3. The van der Waals surface area contributed by atoms with E-state index < -0.39 is 17.8 Å². The van der Waals surface area contributed by atoms with Crippen LogP contribution in [0.4, 0.5) is 19.0 Å². The Morgan fingerprint density at radius 1 is 1.06 bits per heavy atom. The number of benzene rings is 1. The molecule has 33 heavy (non-hydrogen) atoms. The standard InChI is InChI=1S/C24H20F3N5O/c1-14-8-18-9-15(2-4-20(18)30-12-14)10-19-11-16(6-7-29-19)23(33)31-13-17-3-5-21(28)32-22(17)24(25,26)27/h2-9,11-12H,10,13H2,1H3,(H2,28,32)(H,31,33). The second-order valence-electron chi connectivity index (χ2n) is 7.68. The fourth-order valence-electron chi connectivity index (χ4n) is 3.49. The van der Waals surface area contributed by atoms with Crippen molar-refractivity contribution in [3.8, 4) is 0 Å². The molecule has 168 valence electrons. The Morgan fingerprint density at radius 3 is 2.67 bits per heavy atom. The summed E-state index contributed by atoms with van der Waals surface area (Å²) in [5, 5.41) is 3.53. The highest BCUT2D eigenvalue weighted by atomic mass is 19.4. The van der Waals surface area contributed by atoms with Crippen LogP contribution in [0.5, 0.6) is 0 Å². The number of nitrogen functional groups attached to an aromatic ring is 1. The largest absolute Gasteiger partial charge is 0.433 e. The number of amides is 1. The van der Waals surface area contributed by atoms with Crippen molar-refractivity contribution in [1.29, 1.82) is 0 Å². The minimum absolute atomic E-state index is 0.167. The lowest BCUT2D eigenvalue weighted by Crippen LogP contribution is -2.25. The lowest BCUT2D eigenvalue weighted by atomic mass is 10.0. The molecule has 4 rings (SSSR count). The maximum Gasteiger partial charge on any atom is 0.433 e. The van der Waals surface area contributed by atoms with Gasteiger partial charge in [-0.25, -0.2) is 4.98 Å². The molecule has 0 aliphatic carbocycles. The van der Waals surface area contributed by atoms with Gasteiger partial charge in [0.25, 0.3) is 5.91 Å². The summed E-state index contributed by atoms with van der Waals surface area (Å²) in [7, 11) is 0. The van der Waals surface area contributed by atoms with Crippen LogP contribution in [0.25, 0.3) is 10.9 Å². The van der Waals surface area contributed by atoms with Crippen molar-refractivity contribution in [3.63, 3.8) is 0 Å². The van der Waals surface area contributed by atoms with Crippen LogP contribution in [-0.2, 0) is 19.1 Å². The van der Waals surface area contributed by atoms with Gasteiger partial charge < -0.3 is 11.1 Å². The average molecular weight is 451 g/mol. The molecule has 3 aromatic heterocycles. The van der Waals surface area contributed by atoms with Gasteiger partial charge in [-0.3, -0.25) is 14.8 Å². The van der Waals surface area contributed by atoms with Gasteiger partial charge in [0.15, 0.2) is 5.69 Å². The van der Waals surface area contributed by atoms with Crippen LogP contribution < -0.4 is 11.1 Å². The van der Waals surface area contributed by atoms with Crippen LogP contribution in [0.3, 0.4) is 0 Å². The molecule has 9 heteroatoms. The van der Waals surface area contributed by atoms with Crippen LogP contribution in [0, 0.1) is 6.92 Å². The van der Waals surface area contributed by atoms with Crippen molar-refractivity contribution >= 4 is 22.6 Å². The van der Waals surface area contributed by atoms with Gasteiger partial charge in [0.2, 0.25) is 0 Å². The van der Waals surface area contributed by atoms with Crippen LogP contribution in [0.1, 0.15) is 38.4 Å². The van der Waals surface area contributed by atoms with Gasteiger partial charge in [-0.1, -0.05) is 12.1 Å². The number of nitrogens with one attached hydrogen (secondary N) is 1. The van der Waals surface area contributed by atoms with Crippen molar-refractivity contribution in [2.45, 2.75) is 26.1 Å². The molecule has 4 aromatic rings. The maximum atomic E-state index is 13.2. The monoisotopic (exact) mass is 451 g/mol. The van der Waals surface area contributed by atoms with E-state index in [9.17, 15) is 18.0 Å².